The van der Waals surface area contributed by atoms with E-state index < -0.39 is 18.1 Å². The minimum absolute atomic E-state index is 0.0231. The molecule has 10 heteroatoms. The Morgan fingerprint density at radius 2 is 1.89 bits per heavy atom. The van der Waals surface area contributed by atoms with Crippen LogP contribution in [0.5, 0.6) is 5.75 Å². The first kappa shape index (κ1) is 25.8. The molecule has 0 spiro atoms. The molecule has 2 atom stereocenters. The molecule has 1 N–H and O–H groups in total. The molecule has 1 saturated carbocycles. The molecule has 1 aromatic heterocycles. The largest absolute Gasteiger partial charge is 0.573 e. The number of methoxy groups -OCH3 is 1. The van der Waals surface area contributed by atoms with Crippen LogP contribution < -0.4 is 10.1 Å². The molecule has 1 aliphatic rings. The fourth-order valence-electron chi connectivity index (χ4n) is 5.34. The van der Waals surface area contributed by atoms with Gasteiger partial charge in [-0.2, -0.15) is 0 Å². The van der Waals surface area contributed by atoms with E-state index in [4.69, 9.17) is 4.98 Å². The summed E-state index contributed by atoms with van der Waals surface area (Å²) in [5.41, 5.74) is 1.83. The van der Waals surface area contributed by atoms with Gasteiger partial charge in [-0.25, -0.2) is 9.37 Å². The molecule has 1 fully saturated rings. The van der Waals surface area contributed by atoms with E-state index in [1.807, 2.05) is 4.57 Å². The molecule has 0 bridgehead atoms. The molecule has 194 valence electrons. The number of halogens is 4. The third-order valence-corrected chi connectivity index (χ3v) is 6.49. The summed E-state index contributed by atoms with van der Waals surface area (Å²) >= 11 is 0. The Labute approximate surface area is 206 Å². The smallest absolute Gasteiger partial charge is 0.469 e. The molecule has 0 saturated heterocycles. The Morgan fingerprint density at radius 3 is 2.50 bits per heavy atom. The van der Waals surface area contributed by atoms with E-state index in [1.54, 1.807) is 6.07 Å². The molecular formula is C26H29F4N3O3. The minimum Gasteiger partial charge on any atom is -0.469 e. The van der Waals surface area contributed by atoms with Crippen molar-refractivity contribution in [1.29, 1.82) is 0 Å². The van der Waals surface area contributed by atoms with Crippen LogP contribution in [0.15, 0.2) is 36.4 Å². The topological polar surface area (TPSA) is 65.4 Å². The summed E-state index contributed by atoms with van der Waals surface area (Å²) in [4.78, 5) is 16.4. The highest BCUT2D eigenvalue weighted by molar-refractivity contribution is 5.82. The highest BCUT2D eigenvalue weighted by Gasteiger charge is 2.35. The summed E-state index contributed by atoms with van der Waals surface area (Å²) in [6.45, 7) is 6.60. The van der Waals surface area contributed by atoms with Crippen LogP contribution in [0.4, 0.5) is 29.2 Å². The molecule has 0 unspecified atom stereocenters. The predicted octanol–water partition coefficient (Wildman–Crippen LogP) is 6.92. The Hall–Kier alpha value is -3.30. The number of hydrogen-bond donors (Lipinski definition) is 1. The third kappa shape index (κ3) is 5.91. The zero-order valence-electron chi connectivity index (χ0n) is 20.6. The van der Waals surface area contributed by atoms with E-state index in [9.17, 15) is 18.0 Å². The van der Waals surface area contributed by atoms with Crippen LogP contribution in [0, 0.1) is 17.2 Å². The molecule has 0 amide bonds. The van der Waals surface area contributed by atoms with Gasteiger partial charge in [0.2, 0.25) is 5.95 Å². The van der Waals surface area contributed by atoms with Crippen molar-refractivity contribution in [2.45, 2.75) is 58.9 Å². The molecule has 36 heavy (non-hydrogen) atoms. The lowest BCUT2D eigenvalue weighted by atomic mass is 9.70. The third-order valence-electron chi connectivity index (χ3n) is 6.49. The second-order valence-corrected chi connectivity index (χ2v) is 10.3. The number of ether oxygens (including phenoxy) is 2. The van der Waals surface area contributed by atoms with Gasteiger partial charge >= 0.3 is 12.3 Å². The number of carbonyl (C=O) groups excluding carboxylic acids is 1. The number of alkyl halides is 3. The fourth-order valence-corrected chi connectivity index (χ4v) is 5.34. The van der Waals surface area contributed by atoms with Crippen molar-refractivity contribution in [2.24, 2.45) is 11.3 Å². The van der Waals surface area contributed by atoms with Gasteiger partial charge in [-0.05, 0) is 60.9 Å². The number of nitrogens with one attached hydrogen (secondary N) is 1. The number of benzene rings is 2. The predicted molar refractivity (Wildman–Crippen MR) is 128 cm³/mol. The van der Waals surface area contributed by atoms with Crippen molar-refractivity contribution in [1.82, 2.24) is 9.55 Å². The summed E-state index contributed by atoms with van der Waals surface area (Å²) in [7, 11) is 1.24. The summed E-state index contributed by atoms with van der Waals surface area (Å²) in [5.74, 6) is -0.545. The van der Waals surface area contributed by atoms with Crippen molar-refractivity contribution >= 4 is 28.6 Å². The van der Waals surface area contributed by atoms with Gasteiger partial charge < -0.3 is 19.4 Å². The first-order valence-corrected chi connectivity index (χ1v) is 11.7. The molecule has 1 aliphatic carbocycles. The second-order valence-electron chi connectivity index (χ2n) is 10.3. The Kier molecular flexibility index (Phi) is 6.90. The molecule has 3 aromatic rings. The SMILES string of the molecule is COC(=O)Cc1cc2nc(Nc3ccc(OC(F)(F)F)cc3)n([C@H]3C[C@@H](C)CC(C)(C)C3)c2cc1F. The summed E-state index contributed by atoms with van der Waals surface area (Å²) < 4.78 is 63.2. The van der Waals surface area contributed by atoms with Crippen LogP contribution in [0.25, 0.3) is 11.0 Å². The number of anilines is 2. The normalized spacial score (nSPS) is 19.8. The van der Waals surface area contributed by atoms with Crippen molar-refractivity contribution in [3.63, 3.8) is 0 Å². The zero-order valence-corrected chi connectivity index (χ0v) is 20.6. The molecule has 1 heterocycles. The molecule has 2 aromatic carbocycles. The molecule has 6 nitrogen and oxygen atoms in total. The minimum atomic E-state index is -4.78. The fraction of sp³-hybridized carbons (Fsp3) is 0.462. The zero-order chi connectivity index (χ0) is 26.3. The van der Waals surface area contributed by atoms with Crippen LogP contribution in [-0.2, 0) is 16.0 Å². The first-order valence-electron chi connectivity index (χ1n) is 11.7. The van der Waals surface area contributed by atoms with Gasteiger partial charge in [-0.3, -0.25) is 4.79 Å². The van der Waals surface area contributed by atoms with E-state index in [0.29, 0.717) is 28.6 Å². The molecule has 0 radical (unpaired) electrons. The van der Waals surface area contributed by atoms with E-state index in [1.165, 1.54) is 37.4 Å². The quantitative estimate of drug-likeness (QED) is 0.290. The monoisotopic (exact) mass is 507 g/mol. The summed E-state index contributed by atoms with van der Waals surface area (Å²) in [6, 6.07) is 8.29. The number of imidazole rings is 1. The highest BCUT2D eigenvalue weighted by atomic mass is 19.4. The average molecular weight is 508 g/mol. The van der Waals surface area contributed by atoms with Crippen molar-refractivity contribution < 1.29 is 31.8 Å². The summed E-state index contributed by atoms with van der Waals surface area (Å²) in [5, 5.41) is 3.18. The van der Waals surface area contributed by atoms with Crippen LogP contribution in [0.1, 0.15) is 51.6 Å². The van der Waals surface area contributed by atoms with Gasteiger partial charge in [0.1, 0.15) is 11.6 Å². The maximum atomic E-state index is 15.0. The van der Waals surface area contributed by atoms with Crippen LogP contribution in [-0.4, -0.2) is 29.0 Å². The van der Waals surface area contributed by atoms with E-state index in [0.717, 1.165) is 19.3 Å². The van der Waals surface area contributed by atoms with Gasteiger partial charge in [-0.15, -0.1) is 13.2 Å². The van der Waals surface area contributed by atoms with Gasteiger partial charge in [0.05, 0.1) is 24.6 Å². The maximum Gasteiger partial charge on any atom is 0.573 e. The summed E-state index contributed by atoms with van der Waals surface area (Å²) in [6.07, 6.45) is -2.21. The number of hydrogen-bond acceptors (Lipinski definition) is 5. The highest BCUT2D eigenvalue weighted by Crippen LogP contribution is 2.46. The maximum absolute atomic E-state index is 15.0. The number of rotatable bonds is 6. The molecular weight excluding hydrogens is 478 g/mol. The average Bonchev–Trinajstić information content (AvgIpc) is 3.09. The van der Waals surface area contributed by atoms with E-state index in [2.05, 4.69) is 35.6 Å². The van der Waals surface area contributed by atoms with Gasteiger partial charge in [0.25, 0.3) is 0 Å². The van der Waals surface area contributed by atoms with E-state index in [-0.39, 0.29) is 29.2 Å². The van der Waals surface area contributed by atoms with E-state index >= 15 is 4.39 Å². The lowest BCUT2D eigenvalue weighted by Gasteiger charge is -2.40. The lowest BCUT2D eigenvalue weighted by molar-refractivity contribution is -0.274. The van der Waals surface area contributed by atoms with Crippen LogP contribution in [0.2, 0.25) is 0 Å². The molecule has 0 aliphatic heterocycles. The lowest BCUT2D eigenvalue weighted by Crippen LogP contribution is -2.29. The Balaban J connectivity index is 1.75. The van der Waals surface area contributed by atoms with Crippen LogP contribution >= 0.6 is 0 Å². The van der Waals surface area contributed by atoms with Crippen LogP contribution in [0.3, 0.4) is 0 Å². The number of nitrogens with zero attached hydrogens (tertiary/aromatic N) is 2. The van der Waals surface area contributed by atoms with Gasteiger partial charge in [0, 0.05) is 23.4 Å². The Bertz CT molecular complexity index is 1250. The molecule has 4 rings (SSSR count). The van der Waals surface area contributed by atoms with Crippen molar-refractivity contribution in [3.05, 3.63) is 47.8 Å². The number of fused-ring (bicyclic) bond motifs is 1. The Morgan fingerprint density at radius 1 is 1.19 bits per heavy atom. The second kappa shape index (κ2) is 9.63. The van der Waals surface area contributed by atoms with Gasteiger partial charge in [0.15, 0.2) is 0 Å². The standard InChI is InChI=1S/C26H29F4N3O3/c1-15-9-18(14-25(2,3)13-15)33-22-12-20(27)16(11-23(34)35-4)10-21(22)32-24(33)31-17-5-7-19(8-6-17)36-26(28,29)30/h5-8,10,12,15,18H,9,11,13-14H2,1-4H3,(H,31,32)/t15-,18+/m1/s1. The van der Waals surface area contributed by atoms with Crippen molar-refractivity contribution in [2.75, 3.05) is 12.4 Å². The number of esters is 1. The first-order chi connectivity index (χ1) is 16.8. The number of carbonyl (C=O) groups is 1. The van der Waals surface area contributed by atoms with Crippen molar-refractivity contribution in [3.8, 4) is 5.75 Å². The number of aromatic nitrogens is 2. The van der Waals surface area contributed by atoms with Gasteiger partial charge in [-0.1, -0.05) is 20.8 Å².